The summed E-state index contributed by atoms with van der Waals surface area (Å²) in [6.07, 6.45) is 4.05. The average molecular weight is 260 g/mol. The van der Waals surface area contributed by atoms with E-state index in [1.54, 1.807) is 0 Å². The van der Waals surface area contributed by atoms with E-state index >= 15 is 0 Å². The van der Waals surface area contributed by atoms with E-state index in [-0.39, 0.29) is 5.91 Å². The zero-order valence-electron chi connectivity index (χ0n) is 11.7. The molecule has 3 nitrogen and oxygen atoms in total. The number of benzene rings is 1. The average Bonchev–Trinajstić information content (AvgIpc) is 2.64. The van der Waals surface area contributed by atoms with Gasteiger partial charge in [-0.1, -0.05) is 37.3 Å². The van der Waals surface area contributed by atoms with Crippen molar-refractivity contribution in [1.82, 2.24) is 4.90 Å². The molecule has 2 atom stereocenters. The van der Waals surface area contributed by atoms with Crippen molar-refractivity contribution in [3.05, 3.63) is 35.9 Å². The second kappa shape index (κ2) is 6.71. The lowest BCUT2D eigenvalue weighted by Gasteiger charge is -2.24. The van der Waals surface area contributed by atoms with Gasteiger partial charge >= 0.3 is 0 Å². The topological polar surface area (TPSA) is 46.3 Å². The third-order valence-corrected chi connectivity index (χ3v) is 3.94. The number of nitrogens with zero attached hydrogens (tertiary/aromatic N) is 1. The molecule has 3 heteroatoms. The van der Waals surface area contributed by atoms with Crippen LogP contribution in [0.3, 0.4) is 0 Å². The summed E-state index contributed by atoms with van der Waals surface area (Å²) in [5.41, 5.74) is 7.21. The number of nitrogens with two attached hydrogens (primary N) is 1. The number of likely N-dealkylation sites (tertiary alicyclic amines) is 1. The molecule has 0 aromatic heterocycles. The second-order valence-corrected chi connectivity index (χ2v) is 5.66. The zero-order valence-corrected chi connectivity index (χ0v) is 11.7. The molecular formula is C16H24N2O. The highest BCUT2D eigenvalue weighted by atomic mass is 16.2. The van der Waals surface area contributed by atoms with Gasteiger partial charge in [-0.15, -0.1) is 0 Å². The summed E-state index contributed by atoms with van der Waals surface area (Å²) >= 11 is 0. The van der Waals surface area contributed by atoms with Crippen LogP contribution in [-0.4, -0.2) is 29.9 Å². The van der Waals surface area contributed by atoms with Crippen molar-refractivity contribution in [3.63, 3.8) is 0 Å². The largest absolute Gasteiger partial charge is 0.341 e. The summed E-state index contributed by atoms with van der Waals surface area (Å²) in [4.78, 5) is 14.3. The Morgan fingerprint density at radius 2 is 2.05 bits per heavy atom. The Hall–Kier alpha value is -1.35. The summed E-state index contributed by atoms with van der Waals surface area (Å²) < 4.78 is 0. The molecule has 1 aliphatic heterocycles. The minimum absolute atomic E-state index is 0.109. The van der Waals surface area contributed by atoms with E-state index in [0.717, 1.165) is 37.4 Å². The molecule has 1 saturated heterocycles. The van der Waals surface area contributed by atoms with Crippen molar-refractivity contribution >= 4 is 5.91 Å². The van der Waals surface area contributed by atoms with Gasteiger partial charge in [0.15, 0.2) is 0 Å². The monoisotopic (exact) mass is 260 g/mol. The van der Waals surface area contributed by atoms with Crippen molar-refractivity contribution < 1.29 is 4.79 Å². The molecule has 1 aliphatic rings. The molecule has 2 rings (SSSR count). The highest BCUT2D eigenvalue weighted by molar-refractivity contribution is 5.82. The maximum Gasteiger partial charge on any atom is 0.239 e. The normalized spacial score (nSPS) is 21.8. The van der Waals surface area contributed by atoms with Crippen LogP contribution in [0.15, 0.2) is 30.3 Å². The first-order chi connectivity index (χ1) is 9.16. The first-order valence-corrected chi connectivity index (χ1v) is 7.25. The van der Waals surface area contributed by atoms with Crippen LogP contribution in [0.25, 0.3) is 0 Å². The van der Waals surface area contributed by atoms with Crippen LogP contribution < -0.4 is 5.73 Å². The van der Waals surface area contributed by atoms with Crippen LogP contribution in [-0.2, 0) is 11.2 Å². The molecule has 1 heterocycles. The van der Waals surface area contributed by atoms with E-state index in [1.807, 2.05) is 35.2 Å². The number of carbonyl (C=O) groups is 1. The summed E-state index contributed by atoms with van der Waals surface area (Å²) in [6, 6.07) is 9.60. The molecule has 2 N–H and O–H groups in total. The van der Waals surface area contributed by atoms with Gasteiger partial charge in [-0.05, 0) is 37.2 Å². The molecule has 0 saturated carbocycles. The van der Waals surface area contributed by atoms with E-state index in [9.17, 15) is 4.79 Å². The van der Waals surface area contributed by atoms with Gasteiger partial charge in [0.25, 0.3) is 0 Å². The number of hydrogen-bond donors (Lipinski definition) is 1. The fourth-order valence-corrected chi connectivity index (χ4v) is 2.67. The lowest BCUT2D eigenvalue weighted by atomic mass is 10.0. The van der Waals surface area contributed by atoms with Crippen LogP contribution in [0.2, 0.25) is 0 Å². The van der Waals surface area contributed by atoms with Crippen LogP contribution in [0.1, 0.15) is 31.7 Å². The van der Waals surface area contributed by atoms with Gasteiger partial charge in [-0.3, -0.25) is 4.79 Å². The molecular weight excluding hydrogens is 236 g/mol. The number of rotatable bonds is 3. The number of carbonyl (C=O) groups excluding carboxylic acids is 1. The Bertz CT molecular complexity index is 404. The van der Waals surface area contributed by atoms with Crippen LogP contribution in [0.4, 0.5) is 0 Å². The maximum atomic E-state index is 12.4. The van der Waals surface area contributed by atoms with E-state index in [1.165, 1.54) is 6.42 Å². The minimum Gasteiger partial charge on any atom is -0.341 e. The predicted molar refractivity (Wildman–Crippen MR) is 77.7 cm³/mol. The van der Waals surface area contributed by atoms with E-state index in [2.05, 4.69) is 6.92 Å². The molecule has 0 aliphatic carbocycles. The summed E-state index contributed by atoms with van der Waals surface area (Å²) in [7, 11) is 0. The highest BCUT2D eigenvalue weighted by Gasteiger charge is 2.23. The molecule has 1 fully saturated rings. The smallest absolute Gasteiger partial charge is 0.239 e. The molecule has 1 unspecified atom stereocenters. The van der Waals surface area contributed by atoms with Gasteiger partial charge < -0.3 is 10.6 Å². The second-order valence-electron chi connectivity index (χ2n) is 5.66. The van der Waals surface area contributed by atoms with Gasteiger partial charge in [0.1, 0.15) is 0 Å². The molecule has 1 aromatic carbocycles. The van der Waals surface area contributed by atoms with Crippen molar-refractivity contribution in [2.45, 2.75) is 38.6 Å². The fraction of sp³-hybridized carbons (Fsp3) is 0.562. The Balaban J connectivity index is 1.91. The fourth-order valence-electron chi connectivity index (χ4n) is 2.67. The van der Waals surface area contributed by atoms with Gasteiger partial charge in [0.2, 0.25) is 5.91 Å². The minimum atomic E-state index is -0.407. The Kier molecular flexibility index (Phi) is 4.97. The Labute approximate surface area is 115 Å². The first kappa shape index (κ1) is 14.1. The molecule has 0 bridgehead atoms. The summed E-state index contributed by atoms with van der Waals surface area (Å²) in [5, 5.41) is 0. The molecule has 1 amide bonds. The van der Waals surface area contributed by atoms with Crippen molar-refractivity contribution in [1.29, 1.82) is 0 Å². The van der Waals surface area contributed by atoms with Crippen molar-refractivity contribution in [3.8, 4) is 0 Å². The molecule has 1 aromatic rings. The van der Waals surface area contributed by atoms with E-state index in [0.29, 0.717) is 6.42 Å². The number of amides is 1. The molecule has 19 heavy (non-hydrogen) atoms. The standard InChI is InChI=1S/C16H24N2O/c1-13-6-5-10-18(11-9-13)16(19)15(17)12-14-7-3-2-4-8-14/h2-4,7-8,13,15H,5-6,9-12,17H2,1H3/t13?,15-/m0/s1. The van der Waals surface area contributed by atoms with Crippen LogP contribution in [0, 0.1) is 5.92 Å². The van der Waals surface area contributed by atoms with Gasteiger partial charge in [0, 0.05) is 13.1 Å². The van der Waals surface area contributed by atoms with Gasteiger partial charge in [-0.25, -0.2) is 0 Å². The predicted octanol–water partition coefficient (Wildman–Crippen LogP) is 2.21. The SMILES string of the molecule is CC1CCCN(C(=O)[C@@H](N)Cc2ccccc2)CC1. The Morgan fingerprint density at radius 3 is 2.79 bits per heavy atom. The Morgan fingerprint density at radius 1 is 1.32 bits per heavy atom. The molecule has 0 radical (unpaired) electrons. The van der Waals surface area contributed by atoms with Crippen molar-refractivity contribution in [2.75, 3.05) is 13.1 Å². The molecule has 104 valence electrons. The number of hydrogen-bond acceptors (Lipinski definition) is 2. The van der Waals surface area contributed by atoms with Crippen molar-refractivity contribution in [2.24, 2.45) is 11.7 Å². The summed E-state index contributed by atoms with van der Waals surface area (Å²) in [6.45, 7) is 3.99. The molecule has 0 spiro atoms. The first-order valence-electron chi connectivity index (χ1n) is 7.25. The van der Waals surface area contributed by atoms with E-state index < -0.39 is 6.04 Å². The zero-order chi connectivity index (χ0) is 13.7. The summed E-state index contributed by atoms with van der Waals surface area (Å²) in [5.74, 6) is 0.834. The van der Waals surface area contributed by atoms with Crippen LogP contribution >= 0.6 is 0 Å². The van der Waals surface area contributed by atoms with Gasteiger partial charge in [0.05, 0.1) is 6.04 Å². The van der Waals surface area contributed by atoms with E-state index in [4.69, 9.17) is 5.73 Å². The maximum absolute atomic E-state index is 12.4. The third-order valence-electron chi connectivity index (χ3n) is 3.94. The lowest BCUT2D eigenvalue weighted by molar-refractivity contribution is -0.132. The quantitative estimate of drug-likeness (QED) is 0.905. The lowest BCUT2D eigenvalue weighted by Crippen LogP contribution is -2.45. The highest BCUT2D eigenvalue weighted by Crippen LogP contribution is 2.17. The van der Waals surface area contributed by atoms with Crippen LogP contribution in [0.5, 0.6) is 0 Å². The third kappa shape index (κ3) is 4.06. The van der Waals surface area contributed by atoms with Gasteiger partial charge in [-0.2, -0.15) is 0 Å².